The van der Waals surface area contributed by atoms with Gasteiger partial charge in [-0.05, 0) is 37.2 Å². The van der Waals surface area contributed by atoms with Crippen LogP contribution in [0.4, 0.5) is 0 Å². The van der Waals surface area contributed by atoms with Crippen molar-refractivity contribution in [3.05, 3.63) is 45.7 Å². The molecule has 19 heavy (non-hydrogen) atoms. The van der Waals surface area contributed by atoms with E-state index in [-0.39, 0.29) is 0 Å². The van der Waals surface area contributed by atoms with Crippen LogP contribution in [0.2, 0.25) is 10.2 Å². The summed E-state index contributed by atoms with van der Waals surface area (Å²) in [5.74, 6) is 0.775. The van der Waals surface area contributed by atoms with E-state index in [9.17, 15) is 0 Å². The highest BCUT2D eigenvalue weighted by atomic mass is 35.5. The summed E-state index contributed by atoms with van der Waals surface area (Å²) in [7, 11) is 1.85. The van der Waals surface area contributed by atoms with Crippen molar-refractivity contribution >= 4 is 35.0 Å². The minimum atomic E-state index is 0.573. The van der Waals surface area contributed by atoms with Crippen LogP contribution < -0.4 is 5.73 Å². The van der Waals surface area contributed by atoms with Gasteiger partial charge in [0.05, 0.1) is 5.69 Å². The van der Waals surface area contributed by atoms with Crippen molar-refractivity contribution in [1.82, 2.24) is 9.78 Å². The van der Waals surface area contributed by atoms with Crippen molar-refractivity contribution in [1.29, 1.82) is 0 Å². The Kier molecular flexibility index (Phi) is 5.16. The number of nitrogens with zero attached hydrogens (tertiary/aromatic N) is 2. The maximum absolute atomic E-state index is 6.21. The summed E-state index contributed by atoms with van der Waals surface area (Å²) in [6, 6.07) is 7.77. The Hall–Kier alpha value is -0.680. The Labute approximate surface area is 127 Å². The Bertz CT molecular complexity index is 552. The summed E-state index contributed by atoms with van der Waals surface area (Å²) in [6.07, 6.45) is 0.753. The molecule has 2 rings (SSSR count). The normalized spacial score (nSPS) is 10.9. The first-order valence-electron chi connectivity index (χ1n) is 5.90. The van der Waals surface area contributed by atoms with Gasteiger partial charge in [-0.25, -0.2) is 0 Å². The standard InChI is InChI=1S/C13H15Cl2N3S/c1-18-13(15)11(6-7-16)12(17-18)8-19-10-4-2-9(14)3-5-10/h2-5H,6-8,16H2,1H3. The van der Waals surface area contributed by atoms with Crippen molar-refractivity contribution in [2.24, 2.45) is 12.8 Å². The van der Waals surface area contributed by atoms with E-state index in [2.05, 4.69) is 5.10 Å². The van der Waals surface area contributed by atoms with E-state index < -0.39 is 0 Å². The summed E-state index contributed by atoms with van der Waals surface area (Å²) in [5.41, 5.74) is 7.66. The molecule has 0 aliphatic rings. The zero-order valence-corrected chi connectivity index (χ0v) is 12.9. The van der Waals surface area contributed by atoms with Crippen LogP contribution in [0.5, 0.6) is 0 Å². The van der Waals surface area contributed by atoms with Crippen LogP contribution in [0.15, 0.2) is 29.2 Å². The molecule has 6 heteroatoms. The van der Waals surface area contributed by atoms with Gasteiger partial charge in [0.25, 0.3) is 0 Å². The number of nitrogens with two attached hydrogens (primary N) is 1. The molecular weight excluding hydrogens is 301 g/mol. The highest BCUT2D eigenvalue weighted by molar-refractivity contribution is 7.98. The SMILES string of the molecule is Cn1nc(CSc2ccc(Cl)cc2)c(CCN)c1Cl. The van der Waals surface area contributed by atoms with E-state index in [0.29, 0.717) is 11.7 Å². The second-order valence-corrected chi connectivity index (χ2v) is 5.96. The summed E-state index contributed by atoms with van der Waals surface area (Å²) >= 11 is 13.8. The fourth-order valence-corrected chi connectivity index (χ4v) is 3.02. The molecule has 0 amide bonds. The molecule has 0 saturated carbocycles. The van der Waals surface area contributed by atoms with Gasteiger partial charge in [0.15, 0.2) is 0 Å². The third-order valence-corrected chi connectivity index (χ3v) is 4.48. The topological polar surface area (TPSA) is 43.8 Å². The minimum Gasteiger partial charge on any atom is -0.330 e. The van der Waals surface area contributed by atoms with Crippen molar-refractivity contribution in [3.63, 3.8) is 0 Å². The van der Waals surface area contributed by atoms with Gasteiger partial charge in [-0.15, -0.1) is 11.8 Å². The number of aryl methyl sites for hydroxylation is 1. The van der Waals surface area contributed by atoms with E-state index in [4.69, 9.17) is 28.9 Å². The molecule has 0 unspecified atom stereocenters. The summed E-state index contributed by atoms with van der Waals surface area (Å²) in [5, 5.41) is 5.87. The predicted molar refractivity (Wildman–Crippen MR) is 82.0 cm³/mol. The number of rotatable bonds is 5. The van der Waals surface area contributed by atoms with Crippen LogP contribution >= 0.6 is 35.0 Å². The van der Waals surface area contributed by atoms with Crippen molar-refractivity contribution in [3.8, 4) is 0 Å². The quantitative estimate of drug-likeness (QED) is 0.858. The maximum atomic E-state index is 6.21. The molecule has 1 aromatic heterocycles. The molecule has 0 spiro atoms. The fourth-order valence-electron chi connectivity index (χ4n) is 1.79. The molecule has 2 N–H and O–H groups in total. The van der Waals surface area contributed by atoms with Crippen LogP contribution in [-0.4, -0.2) is 16.3 Å². The molecule has 0 atom stereocenters. The predicted octanol–water partition coefficient (Wildman–Crippen LogP) is 3.52. The van der Waals surface area contributed by atoms with Crippen molar-refractivity contribution < 1.29 is 0 Å². The van der Waals surface area contributed by atoms with Gasteiger partial charge in [-0.3, -0.25) is 4.68 Å². The molecule has 0 aliphatic heterocycles. The van der Waals surface area contributed by atoms with Gasteiger partial charge < -0.3 is 5.73 Å². The molecule has 3 nitrogen and oxygen atoms in total. The second kappa shape index (κ2) is 6.66. The lowest BCUT2D eigenvalue weighted by molar-refractivity contribution is 0.755. The van der Waals surface area contributed by atoms with E-state index in [1.54, 1.807) is 16.4 Å². The Morgan fingerprint density at radius 3 is 2.58 bits per heavy atom. The monoisotopic (exact) mass is 315 g/mol. The first-order chi connectivity index (χ1) is 9.11. The molecule has 1 aromatic carbocycles. The zero-order valence-electron chi connectivity index (χ0n) is 10.6. The lowest BCUT2D eigenvalue weighted by atomic mass is 10.2. The molecule has 0 radical (unpaired) electrons. The van der Waals surface area contributed by atoms with Gasteiger partial charge >= 0.3 is 0 Å². The number of aromatic nitrogens is 2. The van der Waals surface area contributed by atoms with Crippen LogP contribution in [0.3, 0.4) is 0 Å². The molecule has 1 heterocycles. The van der Waals surface area contributed by atoms with Gasteiger partial charge in [-0.1, -0.05) is 23.2 Å². The average molecular weight is 316 g/mol. The smallest absolute Gasteiger partial charge is 0.130 e. The van der Waals surface area contributed by atoms with E-state index in [1.165, 1.54) is 0 Å². The number of hydrogen-bond donors (Lipinski definition) is 1. The Balaban J connectivity index is 2.10. The summed E-state index contributed by atoms with van der Waals surface area (Å²) in [6.45, 7) is 0.573. The van der Waals surface area contributed by atoms with Crippen LogP contribution in [-0.2, 0) is 19.2 Å². The Morgan fingerprint density at radius 1 is 1.26 bits per heavy atom. The lowest BCUT2D eigenvalue weighted by Gasteiger charge is -2.02. The van der Waals surface area contributed by atoms with Gasteiger partial charge in [0.2, 0.25) is 0 Å². The van der Waals surface area contributed by atoms with Crippen LogP contribution in [0, 0.1) is 0 Å². The van der Waals surface area contributed by atoms with Gasteiger partial charge in [0.1, 0.15) is 5.15 Å². The molecule has 0 aliphatic carbocycles. The van der Waals surface area contributed by atoms with Gasteiger partial charge in [0, 0.05) is 28.3 Å². The van der Waals surface area contributed by atoms with Crippen LogP contribution in [0.1, 0.15) is 11.3 Å². The third kappa shape index (κ3) is 3.66. The second-order valence-electron chi connectivity index (χ2n) is 4.12. The minimum absolute atomic E-state index is 0.573. The molecule has 2 aromatic rings. The number of hydrogen-bond acceptors (Lipinski definition) is 3. The highest BCUT2D eigenvalue weighted by Gasteiger charge is 2.13. The fraction of sp³-hybridized carbons (Fsp3) is 0.308. The molecule has 0 saturated heterocycles. The van der Waals surface area contributed by atoms with E-state index >= 15 is 0 Å². The van der Waals surface area contributed by atoms with Crippen LogP contribution in [0.25, 0.3) is 0 Å². The first-order valence-corrected chi connectivity index (χ1v) is 7.64. The number of thioether (sulfide) groups is 1. The lowest BCUT2D eigenvalue weighted by Crippen LogP contribution is -2.04. The average Bonchev–Trinajstić information content (AvgIpc) is 2.66. The van der Waals surface area contributed by atoms with E-state index in [1.807, 2.05) is 31.3 Å². The van der Waals surface area contributed by atoms with E-state index in [0.717, 1.165) is 33.3 Å². The zero-order chi connectivity index (χ0) is 13.8. The maximum Gasteiger partial charge on any atom is 0.130 e. The first kappa shape index (κ1) is 14.7. The molecular formula is C13H15Cl2N3S. The third-order valence-electron chi connectivity index (χ3n) is 2.74. The number of benzene rings is 1. The molecule has 102 valence electrons. The van der Waals surface area contributed by atoms with Gasteiger partial charge in [-0.2, -0.15) is 5.10 Å². The molecule has 0 bridgehead atoms. The summed E-state index contributed by atoms with van der Waals surface area (Å²) < 4.78 is 1.70. The molecule has 0 fully saturated rings. The van der Waals surface area contributed by atoms with Crippen molar-refractivity contribution in [2.75, 3.05) is 6.54 Å². The largest absolute Gasteiger partial charge is 0.330 e. The van der Waals surface area contributed by atoms with Crippen molar-refractivity contribution in [2.45, 2.75) is 17.1 Å². The highest BCUT2D eigenvalue weighted by Crippen LogP contribution is 2.28. The Morgan fingerprint density at radius 2 is 1.95 bits per heavy atom. The number of halogens is 2. The summed E-state index contributed by atoms with van der Waals surface area (Å²) in [4.78, 5) is 1.16.